The van der Waals surface area contributed by atoms with Gasteiger partial charge in [0.15, 0.2) is 5.79 Å². The van der Waals surface area contributed by atoms with E-state index in [-0.39, 0.29) is 18.5 Å². The molecule has 0 spiro atoms. The van der Waals surface area contributed by atoms with Gasteiger partial charge in [-0.25, -0.2) is 0 Å². The van der Waals surface area contributed by atoms with Crippen molar-refractivity contribution in [1.82, 2.24) is 9.96 Å². The molecule has 3 N–H and O–H groups in total. The Balaban J connectivity index is 1.50. The third kappa shape index (κ3) is 6.56. The van der Waals surface area contributed by atoms with Gasteiger partial charge >= 0.3 is 0 Å². The molecule has 0 radical (unpaired) electrons. The minimum Gasteiger partial charge on any atom is -0.378 e. The summed E-state index contributed by atoms with van der Waals surface area (Å²) in [5, 5.41) is 29.8. The van der Waals surface area contributed by atoms with Crippen LogP contribution in [0.1, 0.15) is 32.1 Å². The quantitative estimate of drug-likeness (QED) is 0.449. The normalized spacial score (nSPS) is 25.5. The van der Waals surface area contributed by atoms with Gasteiger partial charge in [0.25, 0.3) is 0 Å². The Kier molecular flexibility index (Phi) is 7.58. The van der Waals surface area contributed by atoms with E-state index < -0.39 is 5.79 Å². The first-order valence-corrected chi connectivity index (χ1v) is 9.47. The molecule has 0 aromatic heterocycles. The molecule has 0 aromatic rings. The molecule has 23 heavy (non-hydrogen) atoms. The van der Waals surface area contributed by atoms with E-state index in [0.29, 0.717) is 45.6 Å². The van der Waals surface area contributed by atoms with Crippen LogP contribution in [0, 0.1) is 0 Å². The van der Waals surface area contributed by atoms with Gasteiger partial charge in [0.05, 0.1) is 19.8 Å². The first-order chi connectivity index (χ1) is 11.0. The van der Waals surface area contributed by atoms with Crippen molar-refractivity contribution in [3.8, 4) is 0 Å². The highest BCUT2D eigenvalue weighted by atomic mass is 32.2. The molecule has 2 aliphatic rings. The van der Waals surface area contributed by atoms with Gasteiger partial charge in [0.2, 0.25) is 5.91 Å². The molecule has 0 bridgehead atoms. The average molecular weight is 348 g/mol. The number of morpholine rings is 1. The number of aliphatic hydroxyl groups is 2. The molecule has 0 aliphatic carbocycles. The number of piperidine rings is 1. The number of nitrogens with zero attached hydrogens (tertiary/aromatic N) is 2. The van der Waals surface area contributed by atoms with Crippen LogP contribution in [0.25, 0.3) is 0 Å². The largest absolute Gasteiger partial charge is 0.378 e. The minimum absolute atomic E-state index is 0.00935. The van der Waals surface area contributed by atoms with Crippen LogP contribution in [0.2, 0.25) is 0 Å². The van der Waals surface area contributed by atoms with Crippen molar-refractivity contribution in [3.05, 3.63) is 0 Å². The lowest BCUT2D eigenvalue weighted by atomic mass is 9.98. The number of amides is 1. The molecule has 7 nitrogen and oxygen atoms in total. The van der Waals surface area contributed by atoms with Crippen molar-refractivity contribution in [2.75, 3.05) is 44.4 Å². The lowest BCUT2D eigenvalue weighted by molar-refractivity contribution is -0.265. The number of hydrogen-bond acceptors (Lipinski definition) is 7. The van der Waals surface area contributed by atoms with Gasteiger partial charge in [-0.2, -0.15) is 16.8 Å². The van der Waals surface area contributed by atoms with Crippen molar-refractivity contribution < 1.29 is 25.0 Å². The van der Waals surface area contributed by atoms with Gasteiger partial charge < -0.3 is 25.1 Å². The number of hydrogen-bond donors (Lipinski definition) is 3. The van der Waals surface area contributed by atoms with Crippen molar-refractivity contribution in [1.29, 1.82) is 0 Å². The van der Waals surface area contributed by atoms with Crippen molar-refractivity contribution >= 4 is 17.7 Å². The fraction of sp³-hybridized carbons (Fsp3) is 0.933. The van der Waals surface area contributed by atoms with Crippen LogP contribution in [0.5, 0.6) is 0 Å². The summed E-state index contributed by atoms with van der Waals surface area (Å²) in [6.45, 7) is 2.58. The molecule has 2 aliphatic heterocycles. The molecule has 2 saturated heterocycles. The summed E-state index contributed by atoms with van der Waals surface area (Å²) in [4.78, 5) is 13.8. The van der Waals surface area contributed by atoms with E-state index in [1.54, 1.807) is 11.8 Å². The number of thioether (sulfide) groups is 1. The van der Waals surface area contributed by atoms with Gasteiger partial charge in [0, 0.05) is 32.0 Å². The van der Waals surface area contributed by atoms with Crippen LogP contribution in [-0.4, -0.2) is 87.5 Å². The molecule has 1 atom stereocenters. The molecule has 134 valence electrons. The monoisotopic (exact) mass is 348 g/mol. The number of hydroxylamine groups is 2. The SMILES string of the molecule is O=C(CCCSCCC1CCC(O)(O)CN1O)N1CCOCC1. The van der Waals surface area contributed by atoms with Crippen LogP contribution in [0.3, 0.4) is 0 Å². The first kappa shape index (κ1) is 19.0. The van der Waals surface area contributed by atoms with Crippen LogP contribution in [-0.2, 0) is 9.53 Å². The minimum atomic E-state index is -1.77. The first-order valence-electron chi connectivity index (χ1n) is 8.31. The number of β-amino-alcohol motifs (C(OH)–C–C–N with tert-alkyl or cyclic N) is 2. The second kappa shape index (κ2) is 9.19. The fourth-order valence-electron chi connectivity index (χ4n) is 2.93. The summed E-state index contributed by atoms with van der Waals surface area (Å²) in [5.74, 6) is 0.276. The lowest BCUT2D eigenvalue weighted by Crippen LogP contribution is -2.51. The zero-order chi connectivity index (χ0) is 16.7. The highest BCUT2D eigenvalue weighted by Gasteiger charge is 2.35. The molecule has 0 aromatic carbocycles. The lowest BCUT2D eigenvalue weighted by Gasteiger charge is -2.37. The highest BCUT2D eigenvalue weighted by molar-refractivity contribution is 7.99. The Labute approximate surface area is 141 Å². The van der Waals surface area contributed by atoms with Crippen molar-refractivity contribution in [2.45, 2.75) is 43.9 Å². The van der Waals surface area contributed by atoms with E-state index in [2.05, 4.69) is 0 Å². The molecular formula is C15H28N2O5S. The fourth-order valence-corrected chi connectivity index (χ4v) is 3.92. The van der Waals surface area contributed by atoms with Gasteiger partial charge in [-0.3, -0.25) is 4.79 Å². The average Bonchev–Trinajstić information content (AvgIpc) is 2.52. The number of ether oxygens (including phenoxy) is 1. The van der Waals surface area contributed by atoms with Crippen LogP contribution in [0.15, 0.2) is 0 Å². The highest BCUT2D eigenvalue weighted by Crippen LogP contribution is 2.25. The maximum atomic E-state index is 12.0. The summed E-state index contributed by atoms with van der Waals surface area (Å²) in [6.07, 6.45) is 3.15. The zero-order valence-corrected chi connectivity index (χ0v) is 14.3. The zero-order valence-electron chi connectivity index (χ0n) is 13.5. The molecule has 2 rings (SSSR count). The smallest absolute Gasteiger partial charge is 0.222 e. The maximum Gasteiger partial charge on any atom is 0.222 e. The van der Waals surface area contributed by atoms with Gasteiger partial charge in [-0.15, -0.1) is 0 Å². The van der Waals surface area contributed by atoms with E-state index in [4.69, 9.17) is 4.74 Å². The Morgan fingerprint density at radius 2 is 2.00 bits per heavy atom. The summed E-state index contributed by atoms with van der Waals surface area (Å²) in [5.41, 5.74) is 0. The predicted molar refractivity (Wildman–Crippen MR) is 87.3 cm³/mol. The molecule has 2 fully saturated rings. The molecule has 1 amide bonds. The Morgan fingerprint density at radius 1 is 1.26 bits per heavy atom. The summed E-state index contributed by atoms with van der Waals surface area (Å²) in [7, 11) is 0. The Bertz CT molecular complexity index is 377. The number of carbonyl (C=O) groups is 1. The topological polar surface area (TPSA) is 93.5 Å². The van der Waals surface area contributed by atoms with E-state index >= 15 is 0 Å². The molecule has 0 saturated carbocycles. The molecule has 2 heterocycles. The third-order valence-electron chi connectivity index (χ3n) is 4.35. The second-order valence-corrected chi connectivity index (χ2v) is 7.50. The third-order valence-corrected chi connectivity index (χ3v) is 5.45. The summed E-state index contributed by atoms with van der Waals surface area (Å²) >= 11 is 1.78. The van der Waals surface area contributed by atoms with E-state index in [0.717, 1.165) is 29.4 Å². The van der Waals surface area contributed by atoms with Crippen LogP contribution in [0.4, 0.5) is 0 Å². The Morgan fingerprint density at radius 3 is 2.70 bits per heavy atom. The molecular weight excluding hydrogens is 320 g/mol. The van der Waals surface area contributed by atoms with E-state index in [9.17, 15) is 20.2 Å². The van der Waals surface area contributed by atoms with Crippen LogP contribution < -0.4 is 0 Å². The van der Waals surface area contributed by atoms with Gasteiger partial charge in [-0.05, 0) is 30.8 Å². The van der Waals surface area contributed by atoms with Gasteiger partial charge in [0.1, 0.15) is 0 Å². The standard InChI is InChI=1S/C15H28N2O5S/c18-14(16-6-8-22-9-7-16)2-1-10-23-11-4-13-3-5-15(19,20)12-17(13)21/h13,19-21H,1-12H2. The number of rotatable bonds is 7. The summed E-state index contributed by atoms with van der Waals surface area (Å²) in [6, 6.07) is -0.00935. The molecule has 1 unspecified atom stereocenters. The predicted octanol–water partition coefficient (Wildman–Crippen LogP) is 0.283. The summed E-state index contributed by atoms with van der Waals surface area (Å²) < 4.78 is 5.23. The second-order valence-electron chi connectivity index (χ2n) is 6.27. The molecule has 8 heteroatoms. The van der Waals surface area contributed by atoms with Crippen molar-refractivity contribution in [2.24, 2.45) is 0 Å². The van der Waals surface area contributed by atoms with Crippen LogP contribution >= 0.6 is 11.8 Å². The maximum absolute atomic E-state index is 12.0. The van der Waals surface area contributed by atoms with E-state index in [1.165, 1.54) is 0 Å². The number of carbonyl (C=O) groups excluding carboxylic acids is 1. The van der Waals surface area contributed by atoms with Gasteiger partial charge in [-0.1, -0.05) is 0 Å². The Hall–Kier alpha value is -0.380. The van der Waals surface area contributed by atoms with E-state index in [1.807, 2.05) is 4.90 Å². The van der Waals surface area contributed by atoms with Crippen molar-refractivity contribution in [3.63, 3.8) is 0 Å².